The molecule has 106 valence electrons. The zero-order chi connectivity index (χ0) is 14.8. The van der Waals surface area contributed by atoms with Crippen molar-refractivity contribution in [2.45, 2.75) is 19.6 Å². The van der Waals surface area contributed by atoms with Crippen LogP contribution in [0.2, 0.25) is 0 Å². The number of aromatic nitrogens is 2. The van der Waals surface area contributed by atoms with E-state index < -0.39 is 17.6 Å². The third kappa shape index (κ3) is 3.17. The molecule has 2 aromatic rings. The molecule has 0 aliphatic rings. The van der Waals surface area contributed by atoms with Gasteiger partial charge in [0.05, 0.1) is 11.3 Å². The van der Waals surface area contributed by atoms with Crippen molar-refractivity contribution in [1.29, 1.82) is 0 Å². The van der Waals surface area contributed by atoms with Gasteiger partial charge in [0.25, 0.3) is 0 Å². The number of rotatable bonds is 3. The second kappa shape index (κ2) is 5.36. The lowest BCUT2D eigenvalue weighted by Crippen LogP contribution is -2.22. The maximum Gasteiger partial charge on any atom is 0.418 e. The number of amides is 1. The fourth-order valence-corrected chi connectivity index (χ4v) is 1.73. The first-order valence-electron chi connectivity index (χ1n) is 5.82. The Labute approximate surface area is 113 Å². The summed E-state index contributed by atoms with van der Waals surface area (Å²) in [4.78, 5) is 11.8. The number of anilines is 1. The third-order valence-electron chi connectivity index (χ3n) is 2.73. The first-order chi connectivity index (χ1) is 9.38. The van der Waals surface area contributed by atoms with Crippen LogP contribution in [0, 0.1) is 6.92 Å². The highest BCUT2D eigenvalue weighted by Crippen LogP contribution is 2.34. The van der Waals surface area contributed by atoms with Gasteiger partial charge in [-0.25, -0.2) is 0 Å². The normalized spacial score (nSPS) is 11.4. The summed E-state index contributed by atoms with van der Waals surface area (Å²) in [5.41, 5.74) is -0.371. The van der Waals surface area contributed by atoms with Gasteiger partial charge in [0.2, 0.25) is 5.91 Å². The van der Waals surface area contributed by atoms with Gasteiger partial charge in [0.1, 0.15) is 6.54 Å². The molecule has 1 aromatic carbocycles. The van der Waals surface area contributed by atoms with Gasteiger partial charge in [0, 0.05) is 11.9 Å². The van der Waals surface area contributed by atoms with Gasteiger partial charge in [-0.2, -0.15) is 18.3 Å². The molecular weight excluding hydrogens is 271 g/mol. The topological polar surface area (TPSA) is 46.9 Å². The Morgan fingerprint density at radius 2 is 2.00 bits per heavy atom. The maximum absolute atomic E-state index is 12.8. The molecular formula is C13H12F3N3O. The number of benzene rings is 1. The molecule has 1 heterocycles. The highest BCUT2D eigenvalue weighted by molar-refractivity contribution is 5.91. The Morgan fingerprint density at radius 3 is 2.60 bits per heavy atom. The van der Waals surface area contributed by atoms with Crippen LogP contribution in [0.4, 0.5) is 18.9 Å². The molecule has 4 nitrogen and oxygen atoms in total. The number of nitrogens with one attached hydrogen (secondary N) is 1. The molecule has 0 bridgehead atoms. The second-order valence-corrected chi connectivity index (χ2v) is 4.22. The van der Waals surface area contributed by atoms with Crippen molar-refractivity contribution in [1.82, 2.24) is 9.78 Å². The molecule has 0 atom stereocenters. The summed E-state index contributed by atoms with van der Waals surface area (Å²) >= 11 is 0. The van der Waals surface area contributed by atoms with Crippen LogP contribution in [-0.2, 0) is 17.5 Å². The van der Waals surface area contributed by atoms with E-state index in [1.54, 1.807) is 13.0 Å². The summed E-state index contributed by atoms with van der Waals surface area (Å²) in [6.07, 6.45) is -2.99. The van der Waals surface area contributed by atoms with E-state index in [2.05, 4.69) is 10.4 Å². The van der Waals surface area contributed by atoms with Gasteiger partial charge in [-0.3, -0.25) is 9.48 Å². The fourth-order valence-electron chi connectivity index (χ4n) is 1.73. The van der Waals surface area contributed by atoms with Crippen LogP contribution in [-0.4, -0.2) is 15.7 Å². The lowest BCUT2D eigenvalue weighted by Gasteiger charge is -2.13. The number of hydrogen-bond donors (Lipinski definition) is 1. The zero-order valence-electron chi connectivity index (χ0n) is 10.6. The minimum atomic E-state index is -4.51. The predicted molar refractivity (Wildman–Crippen MR) is 67.0 cm³/mol. The minimum Gasteiger partial charge on any atom is -0.324 e. The predicted octanol–water partition coefficient (Wildman–Crippen LogP) is 2.85. The van der Waals surface area contributed by atoms with Gasteiger partial charge in [-0.1, -0.05) is 12.1 Å². The molecule has 1 aromatic heterocycles. The average Bonchev–Trinajstić information content (AvgIpc) is 2.74. The molecule has 0 spiro atoms. The van der Waals surface area contributed by atoms with Crippen molar-refractivity contribution in [2.75, 3.05) is 5.32 Å². The van der Waals surface area contributed by atoms with Crippen molar-refractivity contribution in [3.8, 4) is 0 Å². The minimum absolute atomic E-state index is 0.134. The monoisotopic (exact) mass is 283 g/mol. The highest BCUT2D eigenvalue weighted by atomic mass is 19.4. The van der Waals surface area contributed by atoms with E-state index in [0.29, 0.717) is 0 Å². The molecule has 0 saturated heterocycles. The van der Waals surface area contributed by atoms with Gasteiger partial charge in [0.15, 0.2) is 0 Å². The van der Waals surface area contributed by atoms with Crippen molar-refractivity contribution < 1.29 is 18.0 Å². The standard InChI is InChI=1S/C13H12F3N3O/c1-9-6-7-17-19(9)8-12(20)18-11-5-3-2-4-10(11)13(14,15)16/h2-7H,8H2,1H3,(H,18,20). The summed E-state index contributed by atoms with van der Waals surface area (Å²) < 4.78 is 39.7. The summed E-state index contributed by atoms with van der Waals surface area (Å²) in [7, 11) is 0. The highest BCUT2D eigenvalue weighted by Gasteiger charge is 2.33. The van der Waals surface area contributed by atoms with Crippen LogP contribution in [0.5, 0.6) is 0 Å². The Kier molecular flexibility index (Phi) is 3.78. The quantitative estimate of drug-likeness (QED) is 0.941. The Balaban J connectivity index is 2.15. The first-order valence-corrected chi connectivity index (χ1v) is 5.82. The van der Waals surface area contributed by atoms with Crippen LogP contribution < -0.4 is 5.32 Å². The van der Waals surface area contributed by atoms with E-state index in [0.717, 1.165) is 11.8 Å². The average molecular weight is 283 g/mol. The fraction of sp³-hybridized carbons (Fsp3) is 0.231. The van der Waals surface area contributed by atoms with Crippen molar-refractivity contribution >= 4 is 11.6 Å². The van der Waals surface area contributed by atoms with E-state index in [1.165, 1.54) is 29.1 Å². The number of hydrogen-bond acceptors (Lipinski definition) is 2. The molecule has 0 radical (unpaired) electrons. The van der Waals surface area contributed by atoms with Gasteiger partial charge < -0.3 is 5.32 Å². The number of halogens is 3. The molecule has 0 aliphatic carbocycles. The molecule has 0 unspecified atom stereocenters. The molecule has 0 aliphatic heterocycles. The van der Waals surface area contributed by atoms with E-state index in [4.69, 9.17) is 0 Å². The Morgan fingerprint density at radius 1 is 1.30 bits per heavy atom. The van der Waals surface area contributed by atoms with E-state index in [-0.39, 0.29) is 12.2 Å². The summed E-state index contributed by atoms with van der Waals surface area (Å²) in [5, 5.41) is 6.16. The summed E-state index contributed by atoms with van der Waals surface area (Å²) in [5.74, 6) is -0.562. The summed E-state index contributed by atoms with van der Waals surface area (Å²) in [6, 6.07) is 6.56. The van der Waals surface area contributed by atoms with Crippen LogP contribution >= 0.6 is 0 Å². The van der Waals surface area contributed by atoms with Crippen LogP contribution in [0.25, 0.3) is 0 Å². The molecule has 1 N–H and O–H groups in total. The molecule has 2 rings (SSSR count). The van der Waals surface area contributed by atoms with Crippen molar-refractivity contribution in [2.24, 2.45) is 0 Å². The Hall–Kier alpha value is -2.31. The summed E-state index contributed by atoms with van der Waals surface area (Å²) in [6.45, 7) is 1.62. The number of carbonyl (C=O) groups is 1. The molecule has 1 amide bonds. The number of nitrogens with zero attached hydrogens (tertiary/aromatic N) is 2. The second-order valence-electron chi connectivity index (χ2n) is 4.22. The molecule has 0 fully saturated rings. The SMILES string of the molecule is Cc1ccnn1CC(=O)Nc1ccccc1C(F)(F)F. The molecule has 20 heavy (non-hydrogen) atoms. The van der Waals surface area contributed by atoms with Gasteiger partial charge >= 0.3 is 6.18 Å². The van der Waals surface area contributed by atoms with Crippen LogP contribution in [0.15, 0.2) is 36.5 Å². The zero-order valence-corrected chi connectivity index (χ0v) is 10.6. The van der Waals surface area contributed by atoms with Crippen molar-refractivity contribution in [3.63, 3.8) is 0 Å². The number of carbonyl (C=O) groups excluding carboxylic acids is 1. The molecule has 7 heteroatoms. The van der Waals surface area contributed by atoms with Crippen molar-refractivity contribution in [3.05, 3.63) is 47.8 Å². The number of alkyl halides is 3. The number of aryl methyl sites for hydroxylation is 1. The first kappa shape index (κ1) is 14.1. The molecule has 0 saturated carbocycles. The van der Waals surface area contributed by atoms with E-state index >= 15 is 0 Å². The lowest BCUT2D eigenvalue weighted by atomic mass is 10.1. The smallest absolute Gasteiger partial charge is 0.324 e. The van der Waals surface area contributed by atoms with E-state index in [9.17, 15) is 18.0 Å². The van der Waals surface area contributed by atoms with Gasteiger partial charge in [-0.15, -0.1) is 0 Å². The van der Waals surface area contributed by atoms with Crippen LogP contribution in [0.1, 0.15) is 11.3 Å². The van der Waals surface area contributed by atoms with Gasteiger partial charge in [-0.05, 0) is 25.1 Å². The number of para-hydroxylation sites is 1. The Bertz CT molecular complexity index is 619. The third-order valence-corrected chi connectivity index (χ3v) is 2.73. The van der Waals surface area contributed by atoms with Crippen LogP contribution in [0.3, 0.4) is 0 Å². The largest absolute Gasteiger partial charge is 0.418 e. The van der Waals surface area contributed by atoms with E-state index in [1.807, 2.05) is 0 Å². The lowest BCUT2D eigenvalue weighted by molar-refractivity contribution is -0.137. The maximum atomic E-state index is 12.8.